The molecule has 0 fully saturated rings. The summed E-state index contributed by atoms with van der Waals surface area (Å²) in [6.07, 6.45) is 2.28. The van der Waals surface area contributed by atoms with Gasteiger partial charge in [0.1, 0.15) is 0 Å². The molecule has 0 bridgehead atoms. The van der Waals surface area contributed by atoms with Gasteiger partial charge in [-0.2, -0.15) is 0 Å². The number of nitrogens with one attached hydrogen (secondary N) is 2. The van der Waals surface area contributed by atoms with Crippen LogP contribution in [-0.2, 0) is 11.3 Å². The molecule has 0 heterocycles. The van der Waals surface area contributed by atoms with Gasteiger partial charge in [-0.1, -0.05) is 37.1 Å². The lowest BCUT2D eigenvalue weighted by atomic mass is 10.2. The van der Waals surface area contributed by atoms with E-state index in [1.54, 1.807) is 7.05 Å². The van der Waals surface area contributed by atoms with Crippen molar-refractivity contribution in [2.24, 2.45) is 4.99 Å². The van der Waals surface area contributed by atoms with Gasteiger partial charge in [0.15, 0.2) is 5.96 Å². The largest absolute Gasteiger partial charge is 0.380 e. The highest BCUT2D eigenvalue weighted by Gasteiger charge is 1.98. The molecular weight excluding hydrogens is 401 g/mol. The lowest BCUT2D eigenvalue weighted by molar-refractivity contribution is 0.136. The van der Waals surface area contributed by atoms with Gasteiger partial charge in [0.05, 0.1) is 6.61 Å². The SMILES string of the molecule is CCCCOCCNC(=NC)NCc1ccc(Cl)cc1.I. The molecule has 120 valence electrons. The van der Waals surface area contributed by atoms with E-state index in [0.717, 1.165) is 42.5 Å². The predicted molar refractivity (Wildman–Crippen MR) is 101 cm³/mol. The van der Waals surface area contributed by atoms with Crippen molar-refractivity contribution in [3.8, 4) is 0 Å². The van der Waals surface area contributed by atoms with E-state index < -0.39 is 0 Å². The minimum Gasteiger partial charge on any atom is -0.380 e. The lowest BCUT2D eigenvalue weighted by Gasteiger charge is -2.12. The quantitative estimate of drug-likeness (QED) is 0.290. The first kappa shape index (κ1) is 20.5. The number of nitrogens with zero attached hydrogens (tertiary/aromatic N) is 1. The molecule has 0 saturated heterocycles. The van der Waals surface area contributed by atoms with E-state index in [9.17, 15) is 0 Å². The van der Waals surface area contributed by atoms with Gasteiger partial charge in [0.25, 0.3) is 0 Å². The number of aliphatic imine (C=N–C) groups is 1. The molecule has 21 heavy (non-hydrogen) atoms. The molecular formula is C15H25ClIN3O. The highest BCUT2D eigenvalue weighted by molar-refractivity contribution is 14.0. The van der Waals surface area contributed by atoms with Crippen LogP contribution in [-0.4, -0.2) is 32.8 Å². The molecule has 0 atom stereocenters. The highest BCUT2D eigenvalue weighted by Crippen LogP contribution is 2.08. The topological polar surface area (TPSA) is 45.6 Å². The number of unbranched alkanes of at least 4 members (excludes halogenated alkanes) is 1. The van der Waals surface area contributed by atoms with Crippen molar-refractivity contribution in [3.05, 3.63) is 34.9 Å². The normalized spacial score (nSPS) is 10.9. The molecule has 0 aliphatic carbocycles. The van der Waals surface area contributed by atoms with Crippen LogP contribution in [0, 0.1) is 0 Å². The molecule has 0 unspecified atom stereocenters. The molecule has 6 heteroatoms. The van der Waals surface area contributed by atoms with E-state index in [2.05, 4.69) is 22.5 Å². The molecule has 0 aromatic heterocycles. The fourth-order valence-electron chi connectivity index (χ4n) is 1.60. The van der Waals surface area contributed by atoms with E-state index >= 15 is 0 Å². The van der Waals surface area contributed by atoms with Gasteiger partial charge in [-0.3, -0.25) is 4.99 Å². The Kier molecular flexibility index (Phi) is 12.8. The highest BCUT2D eigenvalue weighted by atomic mass is 127. The van der Waals surface area contributed by atoms with Crippen molar-refractivity contribution in [2.45, 2.75) is 26.3 Å². The number of halogens is 2. The van der Waals surface area contributed by atoms with Gasteiger partial charge in [0, 0.05) is 31.8 Å². The van der Waals surface area contributed by atoms with Gasteiger partial charge >= 0.3 is 0 Å². The van der Waals surface area contributed by atoms with Gasteiger partial charge in [-0.25, -0.2) is 0 Å². The minimum atomic E-state index is 0. The van der Waals surface area contributed by atoms with Crippen molar-refractivity contribution in [2.75, 3.05) is 26.8 Å². The molecule has 0 aliphatic heterocycles. The summed E-state index contributed by atoms with van der Waals surface area (Å²) < 4.78 is 5.48. The second-order valence-electron chi connectivity index (χ2n) is 4.44. The summed E-state index contributed by atoms with van der Waals surface area (Å²) in [5, 5.41) is 7.21. The zero-order valence-corrected chi connectivity index (χ0v) is 15.8. The van der Waals surface area contributed by atoms with Crippen LogP contribution in [0.3, 0.4) is 0 Å². The maximum absolute atomic E-state index is 5.85. The van der Waals surface area contributed by atoms with E-state index in [4.69, 9.17) is 16.3 Å². The number of benzene rings is 1. The van der Waals surface area contributed by atoms with Crippen molar-refractivity contribution in [1.82, 2.24) is 10.6 Å². The third-order valence-corrected chi connectivity index (χ3v) is 3.03. The second kappa shape index (κ2) is 13.2. The summed E-state index contributed by atoms with van der Waals surface area (Å²) in [5.74, 6) is 0.777. The van der Waals surface area contributed by atoms with Crippen molar-refractivity contribution < 1.29 is 4.74 Å². The Hall–Kier alpha value is -0.530. The first-order valence-electron chi connectivity index (χ1n) is 7.03. The Morgan fingerprint density at radius 1 is 1.19 bits per heavy atom. The molecule has 1 aromatic carbocycles. The fourth-order valence-corrected chi connectivity index (χ4v) is 1.72. The molecule has 4 nitrogen and oxygen atoms in total. The van der Waals surface area contributed by atoms with Crippen LogP contribution in [0.4, 0.5) is 0 Å². The van der Waals surface area contributed by atoms with E-state index in [1.165, 1.54) is 0 Å². The van der Waals surface area contributed by atoms with Crippen LogP contribution < -0.4 is 10.6 Å². The standard InChI is InChI=1S/C15H24ClN3O.HI/c1-3-4-10-20-11-9-18-15(17-2)19-12-13-5-7-14(16)8-6-13;/h5-8H,3-4,9-12H2,1-2H3,(H2,17,18,19);1H. The summed E-state index contributed by atoms with van der Waals surface area (Å²) in [6, 6.07) is 7.76. The molecule has 0 spiro atoms. The van der Waals surface area contributed by atoms with Crippen LogP contribution in [0.15, 0.2) is 29.3 Å². The van der Waals surface area contributed by atoms with Crippen LogP contribution in [0.2, 0.25) is 5.02 Å². The number of hydrogen-bond donors (Lipinski definition) is 2. The Labute approximate surface area is 149 Å². The molecule has 0 aliphatic rings. The molecule has 1 aromatic rings. The van der Waals surface area contributed by atoms with Crippen molar-refractivity contribution in [3.63, 3.8) is 0 Å². The molecule has 2 N–H and O–H groups in total. The van der Waals surface area contributed by atoms with Crippen LogP contribution in [0.5, 0.6) is 0 Å². The van der Waals surface area contributed by atoms with Gasteiger partial charge in [-0.05, 0) is 24.1 Å². The third kappa shape index (κ3) is 9.92. The van der Waals surface area contributed by atoms with Crippen molar-refractivity contribution >= 4 is 41.5 Å². The first-order chi connectivity index (χ1) is 9.76. The second-order valence-corrected chi connectivity index (χ2v) is 4.88. The van der Waals surface area contributed by atoms with Crippen LogP contribution in [0.1, 0.15) is 25.3 Å². The van der Waals surface area contributed by atoms with Gasteiger partial charge in [-0.15, -0.1) is 24.0 Å². The van der Waals surface area contributed by atoms with Crippen LogP contribution >= 0.6 is 35.6 Å². The predicted octanol–water partition coefficient (Wildman–Crippen LogP) is 3.44. The number of ether oxygens (including phenoxy) is 1. The molecule has 0 amide bonds. The summed E-state index contributed by atoms with van der Waals surface area (Å²) in [4.78, 5) is 4.17. The summed E-state index contributed by atoms with van der Waals surface area (Å²) in [6.45, 7) is 5.15. The zero-order valence-electron chi connectivity index (χ0n) is 12.7. The Morgan fingerprint density at radius 2 is 1.90 bits per heavy atom. The molecule has 1 rings (SSSR count). The zero-order chi connectivity index (χ0) is 14.6. The maximum Gasteiger partial charge on any atom is 0.191 e. The lowest BCUT2D eigenvalue weighted by Crippen LogP contribution is -2.38. The maximum atomic E-state index is 5.85. The van der Waals surface area contributed by atoms with E-state index in [0.29, 0.717) is 13.2 Å². The average molecular weight is 426 g/mol. The minimum absolute atomic E-state index is 0. The Morgan fingerprint density at radius 3 is 2.52 bits per heavy atom. The average Bonchev–Trinajstić information content (AvgIpc) is 2.47. The van der Waals surface area contributed by atoms with Crippen molar-refractivity contribution in [1.29, 1.82) is 0 Å². The summed E-state index contributed by atoms with van der Waals surface area (Å²) in [7, 11) is 1.76. The smallest absolute Gasteiger partial charge is 0.191 e. The summed E-state index contributed by atoms with van der Waals surface area (Å²) in [5.41, 5.74) is 1.16. The molecule has 0 saturated carbocycles. The number of rotatable bonds is 8. The Balaban J connectivity index is 0.00000400. The van der Waals surface area contributed by atoms with Gasteiger partial charge in [0.2, 0.25) is 0 Å². The monoisotopic (exact) mass is 425 g/mol. The van der Waals surface area contributed by atoms with E-state index in [-0.39, 0.29) is 24.0 Å². The fraction of sp³-hybridized carbons (Fsp3) is 0.533. The third-order valence-electron chi connectivity index (χ3n) is 2.78. The first-order valence-corrected chi connectivity index (χ1v) is 7.40. The van der Waals surface area contributed by atoms with Crippen LogP contribution in [0.25, 0.3) is 0 Å². The number of guanidine groups is 1. The Bertz CT molecular complexity index is 398. The number of hydrogen-bond acceptors (Lipinski definition) is 2. The van der Waals surface area contributed by atoms with E-state index in [1.807, 2.05) is 24.3 Å². The molecule has 0 radical (unpaired) electrons. The summed E-state index contributed by atoms with van der Waals surface area (Å²) >= 11 is 5.85. The van der Waals surface area contributed by atoms with Gasteiger partial charge < -0.3 is 15.4 Å².